The van der Waals surface area contributed by atoms with Crippen LogP contribution in [0.5, 0.6) is 5.75 Å². The van der Waals surface area contributed by atoms with E-state index in [0.29, 0.717) is 24.1 Å². The Hall–Kier alpha value is -4.67. The molecule has 0 spiro atoms. The lowest BCUT2D eigenvalue weighted by atomic mass is 10.0. The number of hydrogen-bond acceptors (Lipinski definition) is 9. The highest BCUT2D eigenvalue weighted by Gasteiger charge is 2.52. The molecule has 2 aromatic carbocycles. The molecule has 3 aliphatic rings. The molecule has 50 heavy (non-hydrogen) atoms. The van der Waals surface area contributed by atoms with Gasteiger partial charge in [-0.25, -0.2) is 4.39 Å². The summed E-state index contributed by atoms with van der Waals surface area (Å²) >= 11 is 5.99. The summed E-state index contributed by atoms with van der Waals surface area (Å²) < 4.78 is 16.1. The van der Waals surface area contributed by atoms with Crippen LogP contribution in [0.3, 0.4) is 0 Å². The Morgan fingerprint density at radius 3 is 2.54 bits per heavy atom. The van der Waals surface area contributed by atoms with E-state index in [9.17, 15) is 38.6 Å². The van der Waals surface area contributed by atoms with Crippen molar-refractivity contribution in [2.45, 2.75) is 35.8 Å². The summed E-state index contributed by atoms with van der Waals surface area (Å²) in [5.74, 6) is -4.15. The van der Waals surface area contributed by atoms with Crippen LogP contribution >= 0.6 is 39.5 Å². The van der Waals surface area contributed by atoms with Crippen LogP contribution in [0.15, 0.2) is 99.3 Å². The number of rotatable bonds is 11. The molecule has 0 radical (unpaired) electrons. The number of aromatic hydroxyl groups is 1. The van der Waals surface area contributed by atoms with Crippen molar-refractivity contribution < 1.29 is 43.1 Å². The summed E-state index contributed by atoms with van der Waals surface area (Å²) in [7, 11) is 0. The molecule has 3 aromatic rings. The number of β-lactam (4-membered cyclic amide) rings is 1. The van der Waals surface area contributed by atoms with Gasteiger partial charge in [-0.05, 0) is 60.0 Å². The molecule has 0 aliphatic carbocycles. The van der Waals surface area contributed by atoms with Crippen LogP contribution in [0.2, 0.25) is 0 Å². The largest absolute Gasteiger partial charge is 0.543 e. The first-order valence-corrected chi connectivity index (χ1v) is 18.1. The number of amides is 4. The number of aliphatic carboxylic acids is 1. The number of benzene rings is 2. The van der Waals surface area contributed by atoms with Crippen LogP contribution in [0.1, 0.15) is 12.0 Å². The zero-order valence-electron chi connectivity index (χ0n) is 26.1. The Bertz CT molecular complexity index is 1940. The minimum Gasteiger partial charge on any atom is -0.543 e. The van der Waals surface area contributed by atoms with Crippen molar-refractivity contribution >= 4 is 74.7 Å². The van der Waals surface area contributed by atoms with Crippen LogP contribution in [0, 0.1) is 5.82 Å². The van der Waals surface area contributed by atoms with Crippen molar-refractivity contribution in [3.8, 4) is 5.75 Å². The SMILES string of the molecule is O=C(C[n+]1ccc(CN2CC/C(=C\C3=C(C(=O)[O-])N4C(=O)[C@@H](NC(=O)CSc5ccc(Br)cc5)[C@H]4SC3)C2=O)cc1)Nc1ccc(O)c(F)c1. The third-order valence-corrected chi connectivity index (χ3v) is 11.0. The molecule has 12 nitrogen and oxygen atoms in total. The number of hydrogen-bond donors (Lipinski definition) is 3. The van der Waals surface area contributed by atoms with E-state index < -0.39 is 40.8 Å². The van der Waals surface area contributed by atoms with Crippen LogP contribution in [0.25, 0.3) is 0 Å². The molecular formula is C34H29BrFN5O7S2. The molecule has 3 aliphatic heterocycles. The van der Waals surface area contributed by atoms with Crippen molar-refractivity contribution in [3.05, 3.63) is 106 Å². The number of halogens is 2. The van der Waals surface area contributed by atoms with Gasteiger partial charge < -0.3 is 30.5 Å². The van der Waals surface area contributed by atoms with Gasteiger partial charge in [0, 0.05) is 57.7 Å². The summed E-state index contributed by atoms with van der Waals surface area (Å²) in [5, 5.41) is 26.2. The predicted molar refractivity (Wildman–Crippen MR) is 183 cm³/mol. The third-order valence-electron chi connectivity index (χ3n) is 8.14. The number of phenolic OH excluding ortho intramolecular Hbond substituents is 1. The molecule has 3 N–H and O–H groups in total. The number of phenols is 1. The maximum absolute atomic E-state index is 13.6. The molecular weight excluding hydrogens is 753 g/mol. The highest BCUT2D eigenvalue weighted by Crippen LogP contribution is 2.41. The fourth-order valence-electron chi connectivity index (χ4n) is 5.67. The van der Waals surface area contributed by atoms with Crippen LogP contribution in [0.4, 0.5) is 10.1 Å². The molecule has 0 bridgehead atoms. The lowest BCUT2D eigenvalue weighted by molar-refractivity contribution is -0.684. The van der Waals surface area contributed by atoms with E-state index in [-0.39, 0.29) is 47.8 Å². The summed E-state index contributed by atoms with van der Waals surface area (Å²) in [5.41, 5.74) is 1.43. The highest BCUT2D eigenvalue weighted by atomic mass is 79.9. The molecule has 2 saturated heterocycles. The predicted octanol–water partition coefficient (Wildman–Crippen LogP) is 2.07. The summed E-state index contributed by atoms with van der Waals surface area (Å²) in [6.07, 6.45) is 5.27. The molecule has 6 rings (SSSR count). The number of carbonyl (C=O) groups excluding carboxylic acids is 5. The van der Waals surface area contributed by atoms with Crippen molar-refractivity contribution in [1.29, 1.82) is 0 Å². The van der Waals surface area contributed by atoms with Crippen molar-refractivity contribution in [3.63, 3.8) is 0 Å². The fourth-order valence-corrected chi connectivity index (χ4v) is 7.95. The second-order valence-corrected chi connectivity index (χ2v) is 14.7. The maximum atomic E-state index is 13.6. The number of carboxylic acids is 1. The first-order valence-electron chi connectivity index (χ1n) is 15.3. The van der Waals surface area contributed by atoms with Crippen LogP contribution in [-0.4, -0.2) is 74.0 Å². The molecule has 1 aromatic heterocycles. The molecule has 0 saturated carbocycles. The second-order valence-electron chi connectivity index (χ2n) is 11.6. The molecule has 258 valence electrons. The standard InChI is InChI=1S/C34H29BrFN5O7S2/c35-22-1-4-24(5-2-22)49-18-28(44)38-29-32(46)41-30(34(47)48)21(17-50-33(29)41)13-20-9-12-40(31(20)45)15-19-7-10-39(11-8-19)16-27(43)37-23-3-6-26(42)25(36)14-23/h1-8,10-11,13-14,29,33H,9,12,15-18H2,(H3-,37,38,42,43,44,47,48)/b20-13+/t29-,33-/m1/s1. The lowest BCUT2D eigenvalue weighted by Gasteiger charge is -2.50. The van der Waals surface area contributed by atoms with Crippen LogP contribution < -0.4 is 20.3 Å². The minimum absolute atomic E-state index is 0.0501. The number of nitrogens with zero attached hydrogens (tertiary/aromatic N) is 3. The topological polar surface area (TPSA) is 163 Å². The third kappa shape index (κ3) is 7.87. The second kappa shape index (κ2) is 15.1. The van der Waals surface area contributed by atoms with Crippen molar-refractivity contribution in [2.75, 3.05) is 23.4 Å². The summed E-state index contributed by atoms with van der Waals surface area (Å²) in [6, 6.07) is 13.7. The maximum Gasteiger partial charge on any atom is 0.290 e. The number of anilines is 1. The number of allylic oxidation sites excluding steroid dienone is 1. The van der Waals surface area contributed by atoms with Crippen molar-refractivity contribution in [2.24, 2.45) is 0 Å². The minimum atomic E-state index is -1.53. The number of carbonyl (C=O) groups is 5. The van der Waals surface area contributed by atoms with E-state index in [0.717, 1.165) is 32.0 Å². The number of thioether (sulfide) groups is 2. The van der Waals surface area contributed by atoms with Gasteiger partial charge in [-0.15, -0.1) is 23.5 Å². The van der Waals surface area contributed by atoms with E-state index in [4.69, 9.17) is 0 Å². The smallest absolute Gasteiger partial charge is 0.290 e. The average molecular weight is 783 g/mol. The normalized spacial score (nSPS) is 19.4. The van der Waals surface area contributed by atoms with E-state index in [2.05, 4.69) is 26.6 Å². The Morgan fingerprint density at radius 2 is 1.84 bits per heavy atom. The average Bonchev–Trinajstić information content (AvgIpc) is 3.43. The molecule has 0 unspecified atom stereocenters. The van der Waals surface area contributed by atoms with E-state index >= 15 is 0 Å². The van der Waals surface area contributed by atoms with E-state index in [1.54, 1.807) is 34.0 Å². The first kappa shape index (κ1) is 35.2. The quantitative estimate of drug-likeness (QED) is 0.0870. The Labute approximate surface area is 302 Å². The first-order chi connectivity index (χ1) is 24.0. The van der Waals surface area contributed by atoms with Gasteiger partial charge in [0.05, 0.1) is 17.4 Å². The van der Waals surface area contributed by atoms with Gasteiger partial charge in [0.15, 0.2) is 24.0 Å². The Balaban J connectivity index is 1.04. The lowest BCUT2D eigenvalue weighted by Crippen LogP contribution is -2.71. The van der Waals surface area contributed by atoms with Gasteiger partial charge in [-0.2, -0.15) is 4.57 Å². The van der Waals surface area contributed by atoms with Gasteiger partial charge in [0.1, 0.15) is 11.4 Å². The number of pyridine rings is 1. The molecule has 16 heteroatoms. The van der Waals surface area contributed by atoms with E-state index in [1.165, 1.54) is 35.7 Å². The Kier molecular flexibility index (Phi) is 10.6. The van der Waals surface area contributed by atoms with Gasteiger partial charge >= 0.3 is 0 Å². The van der Waals surface area contributed by atoms with Gasteiger partial charge in [-0.1, -0.05) is 15.9 Å². The van der Waals surface area contributed by atoms with E-state index in [1.807, 2.05) is 24.3 Å². The van der Waals surface area contributed by atoms with Gasteiger partial charge in [0.25, 0.3) is 11.8 Å². The number of likely N-dealkylation sites (tertiary alicyclic amines) is 1. The number of fused-ring (bicyclic) bond motifs is 1. The molecule has 2 atom stereocenters. The number of aromatic nitrogens is 1. The Morgan fingerprint density at radius 1 is 1.10 bits per heavy atom. The molecule has 2 fully saturated rings. The summed E-state index contributed by atoms with van der Waals surface area (Å²) in [4.78, 5) is 67.2. The number of carboxylic acid groups (broad SMARTS) is 1. The molecule has 4 heterocycles. The fraction of sp³-hybridized carbons (Fsp3) is 0.235. The summed E-state index contributed by atoms with van der Waals surface area (Å²) in [6.45, 7) is 0.640. The number of nitrogens with one attached hydrogen (secondary N) is 2. The molecule has 4 amide bonds. The van der Waals surface area contributed by atoms with Crippen molar-refractivity contribution in [1.82, 2.24) is 15.1 Å². The van der Waals surface area contributed by atoms with Gasteiger partial charge in [-0.3, -0.25) is 24.1 Å². The highest BCUT2D eigenvalue weighted by molar-refractivity contribution is 9.10. The zero-order chi connectivity index (χ0) is 35.5. The zero-order valence-corrected chi connectivity index (χ0v) is 29.4. The van der Waals surface area contributed by atoms with Gasteiger partial charge in [0.2, 0.25) is 18.4 Å². The van der Waals surface area contributed by atoms with Crippen LogP contribution in [-0.2, 0) is 37.1 Å². The monoisotopic (exact) mass is 781 g/mol.